The standard InChI is InChI=1S/C12H8ClN3/c13-12(9-14,10-4-2-1-3-5-10)11-8-15-6-7-16-11/h1-8H. The van der Waals surface area contributed by atoms with Crippen LogP contribution in [0.3, 0.4) is 0 Å². The van der Waals surface area contributed by atoms with Crippen LogP contribution in [0.15, 0.2) is 48.9 Å². The lowest BCUT2D eigenvalue weighted by atomic mass is 9.96. The van der Waals surface area contributed by atoms with E-state index in [0.717, 1.165) is 0 Å². The Labute approximate surface area is 98.4 Å². The van der Waals surface area contributed by atoms with E-state index >= 15 is 0 Å². The molecule has 16 heavy (non-hydrogen) atoms. The molecule has 0 bridgehead atoms. The maximum Gasteiger partial charge on any atom is 0.198 e. The highest BCUT2D eigenvalue weighted by Crippen LogP contribution is 2.33. The van der Waals surface area contributed by atoms with E-state index in [0.29, 0.717) is 11.3 Å². The van der Waals surface area contributed by atoms with Crippen LogP contribution in [0, 0.1) is 11.3 Å². The number of hydrogen-bond donors (Lipinski definition) is 0. The Morgan fingerprint density at radius 3 is 2.50 bits per heavy atom. The third-order valence-corrected chi connectivity index (χ3v) is 2.74. The summed E-state index contributed by atoms with van der Waals surface area (Å²) >= 11 is 6.31. The highest BCUT2D eigenvalue weighted by Gasteiger charge is 2.33. The smallest absolute Gasteiger partial charge is 0.198 e. The van der Waals surface area contributed by atoms with Crippen LogP contribution < -0.4 is 0 Å². The van der Waals surface area contributed by atoms with Gasteiger partial charge in [0.15, 0.2) is 4.87 Å². The molecule has 0 aliphatic heterocycles. The largest absolute Gasteiger partial charge is 0.261 e. The van der Waals surface area contributed by atoms with Crippen LogP contribution >= 0.6 is 11.6 Å². The lowest BCUT2D eigenvalue weighted by Crippen LogP contribution is -2.19. The maximum absolute atomic E-state index is 9.24. The van der Waals surface area contributed by atoms with E-state index in [1.807, 2.05) is 18.2 Å². The number of nitrogens with zero attached hydrogens (tertiary/aromatic N) is 3. The van der Waals surface area contributed by atoms with Crippen molar-refractivity contribution < 1.29 is 0 Å². The Morgan fingerprint density at radius 2 is 1.94 bits per heavy atom. The van der Waals surface area contributed by atoms with Crippen LogP contribution in [-0.2, 0) is 4.87 Å². The molecule has 3 nitrogen and oxygen atoms in total. The first kappa shape index (κ1) is 10.6. The van der Waals surface area contributed by atoms with Crippen molar-refractivity contribution in [2.45, 2.75) is 4.87 Å². The van der Waals surface area contributed by atoms with Crippen molar-refractivity contribution in [2.75, 3.05) is 0 Å². The number of alkyl halides is 1. The highest BCUT2D eigenvalue weighted by molar-refractivity contribution is 6.27. The third-order valence-electron chi connectivity index (χ3n) is 2.24. The average Bonchev–Trinajstić information content (AvgIpc) is 2.40. The molecule has 1 heterocycles. The van der Waals surface area contributed by atoms with Crippen molar-refractivity contribution in [3.8, 4) is 6.07 Å². The SMILES string of the molecule is N#CC(Cl)(c1ccccc1)c1cnccn1. The summed E-state index contributed by atoms with van der Waals surface area (Å²) in [4.78, 5) is 6.74. The maximum atomic E-state index is 9.24. The second-order valence-corrected chi connectivity index (χ2v) is 3.79. The number of aromatic nitrogens is 2. The number of benzene rings is 1. The molecule has 2 aromatic rings. The predicted molar refractivity (Wildman–Crippen MR) is 60.7 cm³/mol. The lowest BCUT2D eigenvalue weighted by Gasteiger charge is -2.17. The van der Waals surface area contributed by atoms with Crippen molar-refractivity contribution in [2.24, 2.45) is 0 Å². The molecule has 1 aromatic heterocycles. The summed E-state index contributed by atoms with van der Waals surface area (Å²) < 4.78 is 0. The molecule has 0 amide bonds. The fourth-order valence-electron chi connectivity index (χ4n) is 1.41. The van der Waals surface area contributed by atoms with Gasteiger partial charge < -0.3 is 0 Å². The second-order valence-electron chi connectivity index (χ2n) is 3.23. The molecular weight excluding hydrogens is 222 g/mol. The minimum Gasteiger partial charge on any atom is -0.261 e. The Kier molecular flexibility index (Phi) is 2.84. The molecule has 0 radical (unpaired) electrons. The van der Waals surface area contributed by atoms with Gasteiger partial charge in [-0.2, -0.15) is 5.26 Å². The lowest BCUT2D eigenvalue weighted by molar-refractivity contribution is 0.867. The van der Waals surface area contributed by atoms with Crippen molar-refractivity contribution in [1.29, 1.82) is 5.26 Å². The Morgan fingerprint density at radius 1 is 1.19 bits per heavy atom. The summed E-state index contributed by atoms with van der Waals surface area (Å²) in [7, 11) is 0. The zero-order valence-corrected chi connectivity index (χ0v) is 9.09. The molecule has 1 aromatic carbocycles. The molecule has 0 aliphatic carbocycles. The van der Waals surface area contributed by atoms with E-state index in [1.54, 1.807) is 18.3 Å². The molecule has 0 fully saturated rings. The minimum atomic E-state index is -1.27. The van der Waals surface area contributed by atoms with E-state index < -0.39 is 4.87 Å². The van der Waals surface area contributed by atoms with Crippen molar-refractivity contribution >= 4 is 11.6 Å². The van der Waals surface area contributed by atoms with Gasteiger partial charge in [0.05, 0.1) is 18.0 Å². The third kappa shape index (κ3) is 1.75. The molecule has 1 unspecified atom stereocenters. The molecule has 0 saturated carbocycles. The van der Waals surface area contributed by atoms with Gasteiger partial charge in [-0.05, 0) is 5.56 Å². The van der Waals surface area contributed by atoms with Gasteiger partial charge in [0.1, 0.15) is 0 Å². The molecule has 0 spiro atoms. The fraction of sp³-hybridized carbons (Fsp3) is 0.0833. The average molecular weight is 230 g/mol. The molecule has 0 aliphatic rings. The molecule has 0 N–H and O–H groups in total. The molecule has 78 valence electrons. The van der Waals surface area contributed by atoms with E-state index in [2.05, 4.69) is 16.0 Å². The van der Waals surface area contributed by atoms with Crippen LogP contribution in [0.4, 0.5) is 0 Å². The molecule has 2 rings (SSSR count). The van der Waals surface area contributed by atoms with Gasteiger partial charge in [-0.25, -0.2) is 0 Å². The number of rotatable bonds is 2. The van der Waals surface area contributed by atoms with E-state index in [1.165, 1.54) is 12.4 Å². The van der Waals surface area contributed by atoms with Crippen molar-refractivity contribution in [3.63, 3.8) is 0 Å². The second kappa shape index (κ2) is 4.30. The minimum absolute atomic E-state index is 0.436. The Balaban J connectivity index is 2.55. The van der Waals surface area contributed by atoms with Gasteiger partial charge in [0.25, 0.3) is 0 Å². The van der Waals surface area contributed by atoms with Gasteiger partial charge in [-0.3, -0.25) is 9.97 Å². The number of nitriles is 1. The normalized spacial score (nSPS) is 13.8. The van der Waals surface area contributed by atoms with Crippen LogP contribution in [0.25, 0.3) is 0 Å². The van der Waals surface area contributed by atoms with Crippen molar-refractivity contribution in [3.05, 3.63) is 60.2 Å². The van der Waals surface area contributed by atoms with Crippen LogP contribution in [0.2, 0.25) is 0 Å². The Bertz CT molecular complexity index is 465. The van der Waals surface area contributed by atoms with Gasteiger partial charge in [-0.15, -0.1) is 0 Å². The van der Waals surface area contributed by atoms with E-state index in [9.17, 15) is 5.26 Å². The predicted octanol–water partition coefficient (Wildman–Crippen LogP) is 2.48. The fourth-order valence-corrected chi connectivity index (χ4v) is 1.64. The van der Waals surface area contributed by atoms with Gasteiger partial charge in [0.2, 0.25) is 0 Å². The monoisotopic (exact) mass is 229 g/mol. The zero-order valence-electron chi connectivity index (χ0n) is 8.34. The number of halogens is 1. The topological polar surface area (TPSA) is 49.6 Å². The highest BCUT2D eigenvalue weighted by atomic mass is 35.5. The zero-order chi connectivity index (χ0) is 11.4. The summed E-state index contributed by atoms with van der Waals surface area (Å²) in [6.45, 7) is 0. The first-order valence-electron chi connectivity index (χ1n) is 4.69. The van der Waals surface area contributed by atoms with Crippen LogP contribution in [-0.4, -0.2) is 9.97 Å². The van der Waals surface area contributed by atoms with Crippen LogP contribution in [0.5, 0.6) is 0 Å². The first-order chi connectivity index (χ1) is 7.77. The van der Waals surface area contributed by atoms with Gasteiger partial charge >= 0.3 is 0 Å². The van der Waals surface area contributed by atoms with Crippen LogP contribution in [0.1, 0.15) is 11.3 Å². The summed E-state index contributed by atoms with van der Waals surface area (Å²) in [5.41, 5.74) is 1.13. The molecule has 1 atom stereocenters. The molecule has 0 saturated heterocycles. The van der Waals surface area contributed by atoms with E-state index in [-0.39, 0.29) is 0 Å². The Hall–Kier alpha value is -1.92. The quantitative estimate of drug-likeness (QED) is 0.744. The summed E-state index contributed by atoms with van der Waals surface area (Å²) in [6.07, 6.45) is 4.57. The van der Waals surface area contributed by atoms with E-state index in [4.69, 9.17) is 11.6 Å². The first-order valence-corrected chi connectivity index (χ1v) is 5.07. The summed E-state index contributed by atoms with van der Waals surface area (Å²) in [5.74, 6) is 0. The molecule has 4 heteroatoms. The number of hydrogen-bond acceptors (Lipinski definition) is 3. The summed E-state index contributed by atoms with van der Waals surface area (Å²) in [5, 5.41) is 9.24. The van der Waals surface area contributed by atoms with Crippen molar-refractivity contribution in [1.82, 2.24) is 9.97 Å². The van der Waals surface area contributed by atoms with Gasteiger partial charge in [-0.1, -0.05) is 41.9 Å². The molecular formula is C12H8ClN3. The van der Waals surface area contributed by atoms with Gasteiger partial charge in [0, 0.05) is 12.4 Å². The summed E-state index contributed by atoms with van der Waals surface area (Å²) in [6, 6.07) is 11.2.